The van der Waals surface area contributed by atoms with Gasteiger partial charge >= 0.3 is 0 Å². The highest BCUT2D eigenvalue weighted by molar-refractivity contribution is 7.17. The van der Waals surface area contributed by atoms with Crippen LogP contribution >= 0.6 is 22.7 Å². The first-order valence-corrected chi connectivity index (χ1v) is 7.43. The van der Waals surface area contributed by atoms with Crippen molar-refractivity contribution in [3.8, 4) is 11.4 Å². The van der Waals surface area contributed by atoms with Crippen molar-refractivity contribution in [2.75, 3.05) is 0 Å². The lowest BCUT2D eigenvalue weighted by Gasteiger charge is -1.90. The van der Waals surface area contributed by atoms with Crippen LogP contribution < -0.4 is 0 Å². The molecule has 0 radical (unpaired) electrons. The van der Waals surface area contributed by atoms with Crippen LogP contribution in [0.2, 0.25) is 0 Å². The Morgan fingerprint density at radius 2 is 2.18 bits per heavy atom. The van der Waals surface area contributed by atoms with Crippen molar-refractivity contribution in [2.45, 2.75) is 26.2 Å². The SMILES string of the molecule is Cc1nc(-c2cn3c4c(sc3n2)CCC4)cs1. The molecule has 0 saturated heterocycles. The van der Waals surface area contributed by atoms with E-state index in [2.05, 4.69) is 25.9 Å². The summed E-state index contributed by atoms with van der Waals surface area (Å²) in [6.45, 7) is 2.03. The van der Waals surface area contributed by atoms with Crippen molar-refractivity contribution >= 4 is 27.6 Å². The molecule has 5 heteroatoms. The number of rotatable bonds is 1. The molecule has 0 fully saturated rings. The Labute approximate surface area is 107 Å². The minimum absolute atomic E-state index is 1.01. The molecule has 3 nitrogen and oxygen atoms in total. The van der Waals surface area contributed by atoms with Crippen LogP contribution in [0.15, 0.2) is 11.6 Å². The molecule has 0 aromatic carbocycles. The second-order valence-electron chi connectivity index (χ2n) is 4.36. The summed E-state index contributed by atoms with van der Waals surface area (Å²) in [5.41, 5.74) is 3.49. The zero-order valence-corrected chi connectivity index (χ0v) is 11.1. The molecule has 0 spiro atoms. The molecule has 1 aliphatic carbocycles. The Bertz CT molecular complexity index is 705. The molecular weight excluding hydrogens is 250 g/mol. The van der Waals surface area contributed by atoms with Gasteiger partial charge in [0.25, 0.3) is 0 Å². The van der Waals surface area contributed by atoms with E-state index < -0.39 is 0 Å². The predicted octanol–water partition coefficient (Wildman–Crippen LogP) is 3.32. The van der Waals surface area contributed by atoms with Crippen molar-refractivity contribution in [3.05, 3.63) is 27.2 Å². The summed E-state index contributed by atoms with van der Waals surface area (Å²) in [7, 11) is 0. The van der Waals surface area contributed by atoms with Gasteiger partial charge in [0.05, 0.1) is 5.01 Å². The third kappa shape index (κ3) is 1.39. The summed E-state index contributed by atoms with van der Waals surface area (Å²) < 4.78 is 2.26. The lowest BCUT2D eigenvalue weighted by molar-refractivity contribution is 0.888. The first-order chi connectivity index (χ1) is 8.31. The third-order valence-electron chi connectivity index (χ3n) is 3.20. The minimum Gasteiger partial charge on any atom is -0.294 e. The molecule has 0 atom stereocenters. The Morgan fingerprint density at radius 3 is 3.00 bits per heavy atom. The van der Waals surface area contributed by atoms with E-state index in [-0.39, 0.29) is 0 Å². The van der Waals surface area contributed by atoms with Gasteiger partial charge in [-0.1, -0.05) is 0 Å². The topological polar surface area (TPSA) is 30.2 Å². The molecule has 1 aliphatic rings. The summed E-state index contributed by atoms with van der Waals surface area (Å²) in [5, 5.41) is 3.18. The third-order valence-corrected chi connectivity index (χ3v) is 5.13. The average Bonchev–Trinajstić information content (AvgIpc) is 2.95. The van der Waals surface area contributed by atoms with Gasteiger partial charge in [0.1, 0.15) is 11.4 Å². The summed E-state index contributed by atoms with van der Waals surface area (Å²) in [6.07, 6.45) is 5.86. The van der Waals surface area contributed by atoms with Gasteiger partial charge in [0, 0.05) is 22.1 Å². The lowest BCUT2D eigenvalue weighted by atomic mass is 10.3. The molecule has 0 unspecified atom stereocenters. The number of aromatic nitrogens is 3. The number of aryl methyl sites for hydroxylation is 3. The fourth-order valence-corrected chi connectivity index (χ4v) is 4.21. The number of thiazole rings is 2. The van der Waals surface area contributed by atoms with Crippen LogP contribution in [0.1, 0.15) is 22.0 Å². The number of fused-ring (bicyclic) bond motifs is 3. The van der Waals surface area contributed by atoms with Crippen molar-refractivity contribution in [1.82, 2.24) is 14.4 Å². The summed E-state index contributed by atoms with van der Waals surface area (Å²) >= 11 is 3.52. The standard InChI is InChI=1S/C12H11N3S2/c1-7-13-9(6-16-7)8-5-15-10-3-2-4-11(10)17-12(15)14-8/h5-6H,2-4H2,1H3. The quantitative estimate of drug-likeness (QED) is 0.672. The van der Waals surface area contributed by atoms with Crippen LogP contribution in [0, 0.1) is 6.92 Å². The maximum atomic E-state index is 4.69. The molecule has 0 N–H and O–H groups in total. The highest BCUT2D eigenvalue weighted by atomic mass is 32.1. The van der Waals surface area contributed by atoms with Crippen molar-refractivity contribution in [2.24, 2.45) is 0 Å². The van der Waals surface area contributed by atoms with E-state index >= 15 is 0 Å². The molecule has 86 valence electrons. The molecule has 0 saturated carbocycles. The van der Waals surface area contributed by atoms with Gasteiger partial charge in [0.2, 0.25) is 0 Å². The van der Waals surface area contributed by atoms with Gasteiger partial charge in [-0.3, -0.25) is 4.40 Å². The number of imidazole rings is 1. The Kier molecular flexibility index (Phi) is 1.96. The van der Waals surface area contributed by atoms with Crippen LogP contribution in [-0.2, 0) is 12.8 Å². The first kappa shape index (κ1) is 9.79. The summed E-state index contributed by atoms with van der Waals surface area (Å²) in [4.78, 5) is 11.8. The lowest BCUT2D eigenvalue weighted by Crippen LogP contribution is -1.85. The second-order valence-corrected chi connectivity index (χ2v) is 6.48. The Balaban J connectivity index is 1.90. The van der Waals surface area contributed by atoms with Gasteiger partial charge in [-0.25, -0.2) is 9.97 Å². The van der Waals surface area contributed by atoms with E-state index in [9.17, 15) is 0 Å². The van der Waals surface area contributed by atoms with Crippen LogP contribution in [0.5, 0.6) is 0 Å². The molecule has 4 rings (SSSR count). The predicted molar refractivity (Wildman–Crippen MR) is 70.9 cm³/mol. The van der Waals surface area contributed by atoms with Crippen molar-refractivity contribution < 1.29 is 0 Å². The van der Waals surface area contributed by atoms with Gasteiger partial charge < -0.3 is 0 Å². The Morgan fingerprint density at radius 1 is 1.24 bits per heavy atom. The highest BCUT2D eigenvalue weighted by Gasteiger charge is 2.19. The molecule has 17 heavy (non-hydrogen) atoms. The first-order valence-electron chi connectivity index (χ1n) is 5.73. The smallest absolute Gasteiger partial charge is 0.194 e. The molecule has 0 amide bonds. The number of nitrogens with zero attached hydrogens (tertiary/aromatic N) is 3. The fourth-order valence-electron chi connectivity index (χ4n) is 2.41. The molecule has 0 aliphatic heterocycles. The van der Waals surface area contributed by atoms with E-state index in [0.717, 1.165) is 21.4 Å². The van der Waals surface area contributed by atoms with Gasteiger partial charge in [-0.05, 0) is 26.2 Å². The number of hydrogen-bond donors (Lipinski definition) is 0. The number of hydrogen-bond acceptors (Lipinski definition) is 4. The second kappa shape index (κ2) is 3.40. The molecular formula is C12H11N3S2. The maximum Gasteiger partial charge on any atom is 0.194 e. The summed E-state index contributed by atoms with van der Waals surface area (Å²) in [6, 6.07) is 0. The monoisotopic (exact) mass is 261 g/mol. The fraction of sp³-hybridized carbons (Fsp3) is 0.333. The van der Waals surface area contributed by atoms with Crippen LogP contribution in [-0.4, -0.2) is 14.4 Å². The Hall–Kier alpha value is -1.20. The normalized spacial score (nSPS) is 14.6. The van der Waals surface area contributed by atoms with E-state index in [1.165, 1.54) is 29.8 Å². The maximum absolute atomic E-state index is 4.69. The summed E-state index contributed by atoms with van der Waals surface area (Å²) in [5.74, 6) is 0. The average molecular weight is 261 g/mol. The van der Waals surface area contributed by atoms with Crippen LogP contribution in [0.4, 0.5) is 0 Å². The van der Waals surface area contributed by atoms with E-state index in [0.29, 0.717) is 0 Å². The largest absolute Gasteiger partial charge is 0.294 e. The van der Waals surface area contributed by atoms with Crippen molar-refractivity contribution in [3.63, 3.8) is 0 Å². The van der Waals surface area contributed by atoms with Gasteiger partial charge in [-0.15, -0.1) is 22.7 Å². The van der Waals surface area contributed by atoms with Gasteiger partial charge in [0.15, 0.2) is 4.96 Å². The van der Waals surface area contributed by atoms with Crippen LogP contribution in [0.25, 0.3) is 16.3 Å². The van der Waals surface area contributed by atoms with Crippen LogP contribution in [0.3, 0.4) is 0 Å². The highest BCUT2D eigenvalue weighted by Crippen LogP contribution is 2.32. The van der Waals surface area contributed by atoms with E-state index in [4.69, 9.17) is 0 Å². The molecule has 0 bridgehead atoms. The van der Waals surface area contributed by atoms with E-state index in [1.54, 1.807) is 11.3 Å². The zero-order valence-electron chi connectivity index (χ0n) is 9.43. The molecule has 3 aromatic heterocycles. The minimum atomic E-state index is 1.01. The van der Waals surface area contributed by atoms with E-state index in [1.807, 2.05) is 18.3 Å². The zero-order chi connectivity index (χ0) is 11.4. The molecule has 3 aromatic rings. The van der Waals surface area contributed by atoms with Crippen molar-refractivity contribution in [1.29, 1.82) is 0 Å². The molecule has 3 heterocycles. The van der Waals surface area contributed by atoms with Gasteiger partial charge in [-0.2, -0.15) is 0 Å².